The number of fused-ring (bicyclic) bond motifs is 1. The van der Waals surface area contributed by atoms with E-state index in [4.69, 9.17) is 0 Å². The summed E-state index contributed by atoms with van der Waals surface area (Å²) in [5.41, 5.74) is 2.84. The molecule has 0 spiro atoms. The van der Waals surface area contributed by atoms with Crippen LogP contribution >= 0.6 is 0 Å². The van der Waals surface area contributed by atoms with Gasteiger partial charge in [-0.15, -0.1) is 0 Å². The monoisotopic (exact) mass is 271 g/mol. The minimum Gasteiger partial charge on any atom is -0.481 e. The molecule has 2 N–H and O–H groups in total. The number of benzene rings is 1. The number of carboxylic acids is 1. The topological polar surface area (TPSA) is 53.1 Å². The van der Waals surface area contributed by atoms with E-state index in [1.165, 1.54) is 17.4 Å². The van der Waals surface area contributed by atoms with Gasteiger partial charge in [0.2, 0.25) is 0 Å². The number of para-hydroxylation sites is 1. The molecular formula is C17H21NO2. The van der Waals surface area contributed by atoms with Gasteiger partial charge in [-0.1, -0.05) is 37.5 Å². The summed E-state index contributed by atoms with van der Waals surface area (Å²) in [6.45, 7) is 2.05. The summed E-state index contributed by atoms with van der Waals surface area (Å²) >= 11 is 0. The van der Waals surface area contributed by atoms with Gasteiger partial charge in [-0.05, 0) is 37.8 Å². The summed E-state index contributed by atoms with van der Waals surface area (Å²) in [6.07, 6.45) is 5.50. The second kappa shape index (κ2) is 4.97. The number of aliphatic carboxylic acids is 1. The molecule has 0 radical (unpaired) electrons. The quantitative estimate of drug-likeness (QED) is 0.884. The Kier molecular flexibility index (Phi) is 3.28. The van der Waals surface area contributed by atoms with Crippen LogP contribution in [0.25, 0.3) is 10.9 Å². The smallest absolute Gasteiger partial charge is 0.309 e. The first-order valence-corrected chi connectivity index (χ1v) is 7.42. The first-order valence-electron chi connectivity index (χ1n) is 7.42. The van der Waals surface area contributed by atoms with E-state index in [0.29, 0.717) is 6.42 Å². The standard InChI is InChI=1S/C17H21NO2/c1-12-14(13-7-3-4-8-15(13)18-12)11-17(16(19)20)9-5-2-6-10-17/h3-4,7-8,18H,2,5-6,9-11H2,1H3,(H,19,20). The zero-order chi connectivity index (χ0) is 14.2. The van der Waals surface area contributed by atoms with Gasteiger partial charge in [0.05, 0.1) is 5.41 Å². The fourth-order valence-electron chi connectivity index (χ4n) is 3.60. The molecule has 1 aromatic heterocycles. The normalized spacial score (nSPS) is 18.2. The molecule has 1 fully saturated rings. The molecule has 2 aromatic rings. The lowest BCUT2D eigenvalue weighted by Crippen LogP contribution is -2.35. The van der Waals surface area contributed by atoms with Crippen molar-refractivity contribution in [1.82, 2.24) is 4.98 Å². The lowest BCUT2D eigenvalue weighted by Gasteiger charge is -2.33. The van der Waals surface area contributed by atoms with Gasteiger partial charge >= 0.3 is 5.97 Å². The molecule has 1 aliphatic carbocycles. The van der Waals surface area contributed by atoms with Gasteiger partial charge < -0.3 is 10.1 Å². The van der Waals surface area contributed by atoms with E-state index in [0.717, 1.165) is 36.9 Å². The summed E-state index contributed by atoms with van der Waals surface area (Å²) in [5.74, 6) is -0.623. The molecule has 1 saturated carbocycles. The van der Waals surface area contributed by atoms with Crippen molar-refractivity contribution in [3.8, 4) is 0 Å². The highest BCUT2D eigenvalue weighted by molar-refractivity contribution is 5.86. The van der Waals surface area contributed by atoms with Crippen molar-refractivity contribution in [3.05, 3.63) is 35.5 Å². The largest absolute Gasteiger partial charge is 0.481 e. The third-order valence-corrected chi connectivity index (χ3v) is 4.81. The van der Waals surface area contributed by atoms with E-state index in [2.05, 4.69) is 17.1 Å². The number of hydrogen-bond acceptors (Lipinski definition) is 1. The van der Waals surface area contributed by atoms with E-state index < -0.39 is 11.4 Å². The number of aromatic amines is 1. The van der Waals surface area contributed by atoms with Crippen LogP contribution in [0.15, 0.2) is 24.3 Å². The molecule has 0 unspecified atom stereocenters. The van der Waals surface area contributed by atoms with Crippen molar-refractivity contribution in [2.24, 2.45) is 5.41 Å². The van der Waals surface area contributed by atoms with Gasteiger partial charge in [0, 0.05) is 16.6 Å². The number of aryl methyl sites for hydroxylation is 1. The Labute approximate surface area is 119 Å². The first-order chi connectivity index (χ1) is 9.62. The van der Waals surface area contributed by atoms with Crippen LogP contribution in [0.5, 0.6) is 0 Å². The highest BCUT2D eigenvalue weighted by Crippen LogP contribution is 2.41. The molecule has 106 valence electrons. The van der Waals surface area contributed by atoms with Gasteiger partial charge in [0.25, 0.3) is 0 Å². The van der Waals surface area contributed by atoms with Crippen LogP contribution < -0.4 is 0 Å². The fraction of sp³-hybridized carbons (Fsp3) is 0.471. The molecule has 1 aliphatic rings. The maximum absolute atomic E-state index is 11.8. The second-order valence-electron chi connectivity index (χ2n) is 6.10. The molecule has 3 nitrogen and oxygen atoms in total. The first kappa shape index (κ1) is 13.2. The number of aromatic nitrogens is 1. The van der Waals surface area contributed by atoms with Crippen molar-refractivity contribution in [3.63, 3.8) is 0 Å². The number of carbonyl (C=O) groups is 1. The molecule has 1 heterocycles. The average Bonchev–Trinajstić information content (AvgIpc) is 2.76. The molecule has 0 aliphatic heterocycles. The highest BCUT2D eigenvalue weighted by Gasteiger charge is 2.40. The van der Waals surface area contributed by atoms with Crippen LogP contribution in [0, 0.1) is 12.3 Å². The minimum atomic E-state index is -0.623. The van der Waals surface area contributed by atoms with Gasteiger partial charge in [-0.3, -0.25) is 4.79 Å². The third-order valence-electron chi connectivity index (χ3n) is 4.81. The Hall–Kier alpha value is -1.77. The van der Waals surface area contributed by atoms with Crippen LogP contribution in [0.3, 0.4) is 0 Å². The summed E-state index contributed by atoms with van der Waals surface area (Å²) in [7, 11) is 0. The molecule has 3 heteroatoms. The van der Waals surface area contributed by atoms with Crippen molar-refractivity contribution < 1.29 is 9.90 Å². The average molecular weight is 271 g/mol. The lowest BCUT2D eigenvalue weighted by molar-refractivity contribution is -0.151. The molecule has 0 bridgehead atoms. The van der Waals surface area contributed by atoms with Crippen molar-refractivity contribution in [2.75, 3.05) is 0 Å². The Bertz CT molecular complexity index is 635. The maximum Gasteiger partial charge on any atom is 0.309 e. The van der Waals surface area contributed by atoms with Crippen LogP contribution in [-0.4, -0.2) is 16.1 Å². The van der Waals surface area contributed by atoms with E-state index in [-0.39, 0.29) is 0 Å². The third kappa shape index (κ3) is 2.11. The fourth-order valence-corrected chi connectivity index (χ4v) is 3.60. The predicted molar refractivity (Wildman–Crippen MR) is 79.9 cm³/mol. The summed E-state index contributed by atoms with van der Waals surface area (Å²) in [5, 5.41) is 10.9. The summed E-state index contributed by atoms with van der Waals surface area (Å²) in [4.78, 5) is 15.2. The zero-order valence-corrected chi connectivity index (χ0v) is 11.9. The minimum absolute atomic E-state index is 0.562. The van der Waals surface area contributed by atoms with Crippen molar-refractivity contribution >= 4 is 16.9 Å². The van der Waals surface area contributed by atoms with E-state index in [1.807, 2.05) is 19.1 Å². The summed E-state index contributed by atoms with van der Waals surface area (Å²) < 4.78 is 0. The lowest BCUT2D eigenvalue weighted by atomic mass is 9.70. The van der Waals surface area contributed by atoms with Gasteiger partial charge in [-0.2, -0.15) is 0 Å². The molecule has 0 atom stereocenters. The van der Waals surface area contributed by atoms with E-state index in [1.54, 1.807) is 0 Å². The predicted octanol–water partition coefficient (Wildman–Crippen LogP) is 4.05. The number of rotatable bonds is 3. The van der Waals surface area contributed by atoms with Crippen molar-refractivity contribution in [2.45, 2.75) is 45.4 Å². The SMILES string of the molecule is Cc1[nH]c2ccccc2c1CC1(C(=O)O)CCCCC1. The van der Waals surface area contributed by atoms with E-state index >= 15 is 0 Å². The number of nitrogens with one attached hydrogen (secondary N) is 1. The zero-order valence-electron chi connectivity index (χ0n) is 11.9. The van der Waals surface area contributed by atoms with Crippen LogP contribution in [0.4, 0.5) is 0 Å². The summed E-state index contributed by atoms with van der Waals surface area (Å²) in [6, 6.07) is 8.18. The van der Waals surface area contributed by atoms with E-state index in [9.17, 15) is 9.90 Å². The number of hydrogen-bond donors (Lipinski definition) is 2. The van der Waals surface area contributed by atoms with Crippen LogP contribution in [0.1, 0.15) is 43.4 Å². The molecule has 0 amide bonds. The maximum atomic E-state index is 11.8. The molecule has 0 saturated heterocycles. The van der Waals surface area contributed by atoms with Crippen LogP contribution in [0.2, 0.25) is 0 Å². The van der Waals surface area contributed by atoms with Crippen molar-refractivity contribution in [1.29, 1.82) is 0 Å². The Balaban J connectivity index is 2.02. The molecule has 1 aromatic carbocycles. The van der Waals surface area contributed by atoms with Crippen LogP contribution in [-0.2, 0) is 11.2 Å². The second-order valence-corrected chi connectivity index (χ2v) is 6.10. The highest BCUT2D eigenvalue weighted by atomic mass is 16.4. The Morgan fingerprint density at radius 1 is 1.25 bits per heavy atom. The molecular weight excluding hydrogens is 250 g/mol. The number of carboxylic acid groups (broad SMARTS) is 1. The molecule has 20 heavy (non-hydrogen) atoms. The van der Waals surface area contributed by atoms with Gasteiger partial charge in [0.15, 0.2) is 0 Å². The van der Waals surface area contributed by atoms with Gasteiger partial charge in [-0.25, -0.2) is 0 Å². The Morgan fingerprint density at radius 2 is 1.95 bits per heavy atom. The Morgan fingerprint density at radius 3 is 2.65 bits per heavy atom. The molecule has 3 rings (SSSR count). The number of H-pyrrole nitrogens is 1. The van der Waals surface area contributed by atoms with Gasteiger partial charge in [0.1, 0.15) is 0 Å².